The number of thiazole rings is 1. The number of anilines is 2. The lowest BCUT2D eigenvalue weighted by Crippen LogP contribution is -2.32. The number of rotatable bonds is 4. The molecule has 2 aromatic heterocycles. The Bertz CT molecular complexity index is 939. The van der Waals surface area contributed by atoms with Crippen molar-refractivity contribution in [2.45, 2.75) is 0 Å². The molecule has 0 radical (unpaired) electrons. The van der Waals surface area contributed by atoms with Gasteiger partial charge in [-0.3, -0.25) is 4.79 Å². The van der Waals surface area contributed by atoms with Gasteiger partial charge in [0.1, 0.15) is 22.3 Å². The van der Waals surface area contributed by atoms with Crippen LogP contribution in [0.1, 0.15) is 10.5 Å². The SMILES string of the molecule is O=C(Nc1ccccc1F)c1csc(-c2ccc(N3CCSCC3)nc2)n1. The van der Waals surface area contributed by atoms with Gasteiger partial charge in [-0.2, -0.15) is 11.8 Å². The normalized spacial score (nSPS) is 14.2. The summed E-state index contributed by atoms with van der Waals surface area (Å²) in [5.74, 6) is 2.30. The van der Waals surface area contributed by atoms with Gasteiger partial charge in [0.2, 0.25) is 0 Å². The maximum atomic E-state index is 13.7. The van der Waals surface area contributed by atoms with E-state index in [9.17, 15) is 9.18 Å². The number of amides is 1. The summed E-state index contributed by atoms with van der Waals surface area (Å²) in [7, 11) is 0. The van der Waals surface area contributed by atoms with Crippen LogP contribution in [-0.4, -0.2) is 40.5 Å². The molecule has 1 amide bonds. The molecule has 1 aromatic carbocycles. The molecule has 1 aliphatic rings. The van der Waals surface area contributed by atoms with Crippen molar-refractivity contribution in [3.05, 3.63) is 59.5 Å². The zero-order valence-corrected chi connectivity index (χ0v) is 16.0. The number of halogens is 1. The van der Waals surface area contributed by atoms with Crippen molar-refractivity contribution in [1.82, 2.24) is 9.97 Å². The molecule has 0 spiro atoms. The number of carbonyl (C=O) groups is 1. The standard InChI is InChI=1S/C19H17FN4OS2/c20-14-3-1-2-4-15(14)22-18(25)16-12-27-19(23-16)13-5-6-17(21-11-13)24-7-9-26-10-8-24/h1-6,11-12H,7-10H2,(H,22,25). The number of para-hydroxylation sites is 1. The number of aromatic nitrogens is 2. The third kappa shape index (κ3) is 4.12. The van der Waals surface area contributed by atoms with E-state index in [1.54, 1.807) is 23.7 Å². The molecule has 1 N–H and O–H groups in total. The van der Waals surface area contributed by atoms with Gasteiger partial charge in [-0.25, -0.2) is 14.4 Å². The van der Waals surface area contributed by atoms with Crippen LogP contribution in [0.25, 0.3) is 10.6 Å². The van der Waals surface area contributed by atoms with Gasteiger partial charge in [0.05, 0.1) is 5.69 Å². The predicted molar refractivity (Wildman–Crippen MR) is 109 cm³/mol. The molecule has 3 heterocycles. The number of pyridine rings is 1. The van der Waals surface area contributed by atoms with E-state index in [1.807, 2.05) is 23.9 Å². The topological polar surface area (TPSA) is 58.1 Å². The van der Waals surface area contributed by atoms with Crippen molar-refractivity contribution in [3.63, 3.8) is 0 Å². The first-order valence-electron chi connectivity index (χ1n) is 8.51. The van der Waals surface area contributed by atoms with E-state index in [1.165, 1.54) is 23.5 Å². The van der Waals surface area contributed by atoms with Crippen LogP contribution in [0.4, 0.5) is 15.9 Å². The van der Waals surface area contributed by atoms with E-state index in [4.69, 9.17) is 0 Å². The first kappa shape index (κ1) is 17.9. The van der Waals surface area contributed by atoms with Crippen LogP contribution in [0.3, 0.4) is 0 Å². The fourth-order valence-corrected chi connectivity index (χ4v) is 4.45. The van der Waals surface area contributed by atoms with Crippen LogP contribution in [0, 0.1) is 5.82 Å². The predicted octanol–water partition coefficient (Wildman–Crippen LogP) is 4.15. The third-order valence-electron chi connectivity index (χ3n) is 4.19. The van der Waals surface area contributed by atoms with Gasteiger partial charge in [0.15, 0.2) is 0 Å². The lowest BCUT2D eigenvalue weighted by Gasteiger charge is -2.27. The average molecular weight is 401 g/mol. The third-order valence-corrected chi connectivity index (χ3v) is 6.02. The monoisotopic (exact) mass is 400 g/mol. The highest BCUT2D eigenvalue weighted by Crippen LogP contribution is 2.26. The van der Waals surface area contributed by atoms with Gasteiger partial charge in [0, 0.05) is 41.7 Å². The number of hydrogen-bond donors (Lipinski definition) is 1. The fourth-order valence-electron chi connectivity index (χ4n) is 2.75. The van der Waals surface area contributed by atoms with E-state index in [-0.39, 0.29) is 11.4 Å². The molecule has 4 rings (SSSR count). The molecule has 1 saturated heterocycles. The van der Waals surface area contributed by atoms with Crippen LogP contribution in [0.2, 0.25) is 0 Å². The summed E-state index contributed by atoms with van der Waals surface area (Å²) in [6.07, 6.45) is 1.79. The molecule has 1 aliphatic heterocycles. The minimum Gasteiger partial charge on any atom is -0.355 e. The van der Waals surface area contributed by atoms with Gasteiger partial charge in [-0.05, 0) is 24.3 Å². The Kier molecular flexibility index (Phi) is 5.35. The van der Waals surface area contributed by atoms with Gasteiger partial charge in [0.25, 0.3) is 5.91 Å². The summed E-state index contributed by atoms with van der Waals surface area (Å²) in [5.41, 5.74) is 1.26. The molecule has 138 valence electrons. The Morgan fingerprint density at radius 2 is 1.96 bits per heavy atom. The number of benzene rings is 1. The van der Waals surface area contributed by atoms with Gasteiger partial charge in [-0.15, -0.1) is 11.3 Å². The zero-order chi connectivity index (χ0) is 18.6. The largest absolute Gasteiger partial charge is 0.355 e. The Balaban J connectivity index is 1.47. The van der Waals surface area contributed by atoms with E-state index in [0.29, 0.717) is 5.01 Å². The summed E-state index contributed by atoms with van der Waals surface area (Å²) >= 11 is 3.33. The maximum Gasteiger partial charge on any atom is 0.275 e. The lowest BCUT2D eigenvalue weighted by atomic mass is 10.3. The summed E-state index contributed by atoms with van der Waals surface area (Å²) in [6.45, 7) is 2.02. The number of hydrogen-bond acceptors (Lipinski definition) is 6. The number of nitrogens with zero attached hydrogens (tertiary/aromatic N) is 3. The second kappa shape index (κ2) is 8.06. The summed E-state index contributed by atoms with van der Waals surface area (Å²) in [5, 5.41) is 4.93. The molecular formula is C19H17FN4OS2. The molecular weight excluding hydrogens is 383 g/mol. The minimum atomic E-state index is -0.475. The smallest absolute Gasteiger partial charge is 0.275 e. The van der Waals surface area contributed by atoms with Gasteiger partial charge in [-0.1, -0.05) is 12.1 Å². The summed E-state index contributed by atoms with van der Waals surface area (Å²) < 4.78 is 13.7. The first-order chi connectivity index (χ1) is 13.2. The van der Waals surface area contributed by atoms with Crippen molar-refractivity contribution < 1.29 is 9.18 Å². The van der Waals surface area contributed by atoms with Gasteiger partial charge >= 0.3 is 0 Å². The van der Waals surface area contributed by atoms with Crippen LogP contribution < -0.4 is 10.2 Å². The maximum absolute atomic E-state index is 13.7. The quantitative estimate of drug-likeness (QED) is 0.713. The summed E-state index contributed by atoms with van der Waals surface area (Å²) in [6, 6.07) is 10.0. The lowest BCUT2D eigenvalue weighted by molar-refractivity contribution is 0.102. The van der Waals surface area contributed by atoms with E-state index >= 15 is 0 Å². The van der Waals surface area contributed by atoms with E-state index < -0.39 is 11.7 Å². The van der Waals surface area contributed by atoms with Crippen molar-refractivity contribution in [2.24, 2.45) is 0 Å². The van der Waals surface area contributed by atoms with Crippen molar-refractivity contribution in [2.75, 3.05) is 34.8 Å². The second-order valence-corrected chi connectivity index (χ2v) is 8.06. The highest BCUT2D eigenvalue weighted by molar-refractivity contribution is 7.99. The van der Waals surface area contributed by atoms with E-state index in [0.717, 1.165) is 36.0 Å². The van der Waals surface area contributed by atoms with Crippen LogP contribution in [0.15, 0.2) is 48.0 Å². The number of thioether (sulfide) groups is 1. The molecule has 3 aromatic rings. The van der Waals surface area contributed by atoms with Crippen molar-refractivity contribution >= 4 is 40.5 Å². The van der Waals surface area contributed by atoms with Crippen molar-refractivity contribution in [3.8, 4) is 10.6 Å². The van der Waals surface area contributed by atoms with Crippen LogP contribution >= 0.6 is 23.1 Å². The van der Waals surface area contributed by atoms with Crippen LogP contribution in [-0.2, 0) is 0 Å². The molecule has 0 aliphatic carbocycles. The second-order valence-electron chi connectivity index (χ2n) is 5.98. The molecule has 5 nitrogen and oxygen atoms in total. The van der Waals surface area contributed by atoms with E-state index in [2.05, 4.69) is 20.2 Å². The fraction of sp³-hybridized carbons (Fsp3) is 0.211. The Labute approximate surface area is 164 Å². The van der Waals surface area contributed by atoms with Gasteiger partial charge < -0.3 is 10.2 Å². The Hall–Kier alpha value is -2.45. The molecule has 0 atom stereocenters. The summed E-state index contributed by atoms with van der Waals surface area (Å²) in [4.78, 5) is 23.5. The molecule has 0 saturated carbocycles. The number of nitrogens with one attached hydrogen (secondary N) is 1. The molecule has 0 bridgehead atoms. The molecule has 1 fully saturated rings. The number of carbonyl (C=O) groups excluding carboxylic acids is 1. The Morgan fingerprint density at radius 3 is 2.70 bits per heavy atom. The van der Waals surface area contributed by atoms with Crippen molar-refractivity contribution in [1.29, 1.82) is 0 Å². The first-order valence-corrected chi connectivity index (χ1v) is 10.5. The van der Waals surface area contributed by atoms with Crippen LogP contribution in [0.5, 0.6) is 0 Å². The molecule has 27 heavy (non-hydrogen) atoms. The highest BCUT2D eigenvalue weighted by Gasteiger charge is 2.15. The molecule has 8 heteroatoms. The zero-order valence-electron chi connectivity index (χ0n) is 14.4. The minimum absolute atomic E-state index is 0.141. The Morgan fingerprint density at radius 1 is 1.15 bits per heavy atom. The molecule has 0 unspecified atom stereocenters. The highest BCUT2D eigenvalue weighted by atomic mass is 32.2. The average Bonchev–Trinajstić information content (AvgIpc) is 3.21.